The molecule has 0 aromatic carbocycles. The minimum atomic E-state index is 0. The number of aliphatic imine (C=N–C) groups is 1. The second kappa shape index (κ2) is 10.4. The Bertz CT molecular complexity index is 394. The van der Waals surface area contributed by atoms with Crippen molar-refractivity contribution in [3.63, 3.8) is 0 Å². The summed E-state index contributed by atoms with van der Waals surface area (Å²) in [4.78, 5) is 21.1. The number of nitrogens with zero attached hydrogens (tertiary/aromatic N) is 3. The third-order valence-corrected chi connectivity index (χ3v) is 5.04. The number of hydrogen-bond acceptors (Lipinski definition) is 2. The third-order valence-electron chi connectivity index (χ3n) is 5.04. The summed E-state index contributed by atoms with van der Waals surface area (Å²) in [6.07, 6.45) is 6.57. The predicted molar refractivity (Wildman–Crippen MR) is 106 cm³/mol. The van der Waals surface area contributed by atoms with Gasteiger partial charge in [-0.1, -0.05) is 6.92 Å². The van der Waals surface area contributed by atoms with Gasteiger partial charge in [-0.2, -0.15) is 0 Å². The van der Waals surface area contributed by atoms with Crippen LogP contribution in [0.1, 0.15) is 52.4 Å². The first-order chi connectivity index (χ1) is 10.6. The van der Waals surface area contributed by atoms with Crippen molar-refractivity contribution in [2.24, 2.45) is 10.9 Å². The van der Waals surface area contributed by atoms with Gasteiger partial charge in [-0.15, -0.1) is 24.0 Å². The molecule has 2 aliphatic heterocycles. The molecular formula is C17H33IN4O. The van der Waals surface area contributed by atoms with Crippen molar-refractivity contribution < 1.29 is 4.79 Å². The van der Waals surface area contributed by atoms with E-state index in [1.165, 1.54) is 19.3 Å². The molecule has 1 unspecified atom stereocenters. The van der Waals surface area contributed by atoms with Gasteiger partial charge in [0.2, 0.25) is 5.91 Å². The molecule has 5 nitrogen and oxygen atoms in total. The quantitative estimate of drug-likeness (QED) is 0.421. The Morgan fingerprint density at radius 3 is 2.43 bits per heavy atom. The van der Waals surface area contributed by atoms with Crippen LogP contribution in [0.2, 0.25) is 0 Å². The van der Waals surface area contributed by atoms with Crippen molar-refractivity contribution in [1.29, 1.82) is 0 Å². The second-order valence-corrected chi connectivity index (χ2v) is 6.83. The maximum absolute atomic E-state index is 12.3. The maximum atomic E-state index is 12.3. The molecule has 0 saturated carbocycles. The van der Waals surface area contributed by atoms with Gasteiger partial charge in [0, 0.05) is 45.7 Å². The van der Waals surface area contributed by atoms with Crippen LogP contribution in [-0.4, -0.2) is 60.9 Å². The molecule has 2 saturated heterocycles. The zero-order chi connectivity index (χ0) is 15.9. The topological polar surface area (TPSA) is 47.9 Å². The fourth-order valence-corrected chi connectivity index (χ4v) is 3.45. The predicted octanol–water partition coefficient (Wildman–Crippen LogP) is 2.70. The van der Waals surface area contributed by atoms with Crippen molar-refractivity contribution in [2.75, 3.05) is 33.2 Å². The Morgan fingerprint density at radius 1 is 1.13 bits per heavy atom. The molecule has 0 bridgehead atoms. The number of guanidine groups is 1. The molecule has 0 spiro atoms. The Labute approximate surface area is 158 Å². The Kier molecular flexibility index (Phi) is 9.24. The molecule has 0 aliphatic carbocycles. The van der Waals surface area contributed by atoms with Gasteiger partial charge in [-0.3, -0.25) is 9.79 Å². The van der Waals surface area contributed by atoms with Crippen LogP contribution in [0.4, 0.5) is 0 Å². The van der Waals surface area contributed by atoms with Gasteiger partial charge >= 0.3 is 0 Å². The van der Waals surface area contributed by atoms with Crippen LogP contribution in [-0.2, 0) is 4.79 Å². The number of amides is 1. The van der Waals surface area contributed by atoms with E-state index in [9.17, 15) is 4.79 Å². The van der Waals surface area contributed by atoms with Crippen LogP contribution in [0, 0.1) is 5.92 Å². The molecule has 134 valence electrons. The largest absolute Gasteiger partial charge is 0.356 e. The smallest absolute Gasteiger partial charge is 0.224 e. The fourth-order valence-electron chi connectivity index (χ4n) is 3.45. The lowest BCUT2D eigenvalue weighted by Gasteiger charge is -2.34. The number of piperidine rings is 2. The number of nitrogens with one attached hydrogen (secondary N) is 1. The van der Waals surface area contributed by atoms with E-state index in [4.69, 9.17) is 0 Å². The molecule has 2 aliphatic rings. The van der Waals surface area contributed by atoms with Crippen LogP contribution < -0.4 is 5.32 Å². The van der Waals surface area contributed by atoms with E-state index in [1.54, 1.807) is 0 Å². The van der Waals surface area contributed by atoms with Crippen molar-refractivity contribution in [3.05, 3.63) is 0 Å². The number of carbonyl (C=O) groups excluding carboxylic acids is 1. The van der Waals surface area contributed by atoms with Crippen molar-refractivity contribution >= 4 is 35.8 Å². The number of hydrogen-bond donors (Lipinski definition) is 1. The molecule has 1 N–H and O–H groups in total. The third kappa shape index (κ3) is 6.12. The van der Waals surface area contributed by atoms with Gasteiger partial charge in [-0.25, -0.2) is 0 Å². The molecule has 6 heteroatoms. The van der Waals surface area contributed by atoms with E-state index in [1.807, 2.05) is 7.05 Å². The summed E-state index contributed by atoms with van der Waals surface area (Å²) in [5.41, 5.74) is 0. The molecule has 0 aromatic rings. The summed E-state index contributed by atoms with van der Waals surface area (Å²) < 4.78 is 0. The summed E-state index contributed by atoms with van der Waals surface area (Å²) in [6, 6.07) is 0.407. The number of likely N-dealkylation sites (tertiary alicyclic amines) is 2. The first-order valence-corrected chi connectivity index (χ1v) is 8.87. The standard InChI is InChI=1S/C17H32N4O.HI/c1-14-8-12-20(13-9-14)17(18-3)19-10-7-16(22)21-11-5-4-6-15(21)2;/h14-15H,4-13H2,1-3H3,(H,18,19);1H. The van der Waals surface area contributed by atoms with Gasteiger partial charge in [0.25, 0.3) is 0 Å². The highest BCUT2D eigenvalue weighted by molar-refractivity contribution is 14.0. The number of rotatable bonds is 3. The summed E-state index contributed by atoms with van der Waals surface area (Å²) in [5, 5.41) is 3.37. The van der Waals surface area contributed by atoms with E-state index in [-0.39, 0.29) is 29.9 Å². The molecule has 2 rings (SSSR count). The average Bonchev–Trinajstić information content (AvgIpc) is 2.53. The zero-order valence-corrected chi connectivity index (χ0v) is 17.2. The lowest BCUT2D eigenvalue weighted by atomic mass is 10.00. The van der Waals surface area contributed by atoms with Crippen molar-refractivity contribution in [2.45, 2.75) is 58.4 Å². The minimum Gasteiger partial charge on any atom is -0.356 e. The molecule has 0 radical (unpaired) electrons. The van der Waals surface area contributed by atoms with Crippen LogP contribution in [0.15, 0.2) is 4.99 Å². The second-order valence-electron chi connectivity index (χ2n) is 6.83. The summed E-state index contributed by atoms with van der Waals surface area (Å²) >= 11 is 0. The Morgan fingerprint density at radius 2 is 1.83 bits per heavy atom. The van der Waals surface area contributed by atoms with E-state index in [0.29, 0.717) is 19.0 Å². The highest BCUT2D eigenvalue weighted by Gasteiger charge is 2.23. The molecule has 1 atom stereocenters. The summed E-state index contributed by atoms with van der Waals surface area (Å²) in [7, 11) is 1.83. The molecule has 1 amide bonds. The summed E-state index contributed by atoms with van der Waals surface area (Å²) in [5.74, 6) is 2.05. The normalized spacial score (nSPS) is 23.4. The van der Waals surface area contributed by atoms with Crippen LogP contribution in [0.5, 0.6) is 0 Å². The van der Waals surface area contributed by atoms with E-state index < -0.39 is 0 Å². The Balaban J connectivity index is 0.00000264. The lowest BCUT2D eigenvalue weighted by molar-refractivity contribution is -0.134. The number of carbonyl (C=O) groups is 1. The van der Waals surface area contributed by atoms with Gasteiger partial charge < -0.3 is 15.1 Å². The monoisotopic (exact) mass is 436 g/mol. The first kappa shape index (κ1) is 20.5. The molecular weight excluding hydrogens is 403 g/mol. The van der Waals surface area contributed by atoms with Crippen LogP contribution >= 0.6 is 24.0 Å². The van der Waals surface area contributed by atoms with Crippen molar-refractivity contribution in [3.8, 4) is 0 Å². The van der Waals surface area contributed by atoms with Crippen LogP contribution in [0.3, 0.4) is 0 Å². The zero-order valence-electron chi connectivity index (χ0n) is 14.9. The lowest BCUT2D eigenvalue weighted by Crippen LogP contribution is -2.47. The number of halogens is 1. The summed E-state index contributed by atoms with van der Waals surface area (Å²) in [6.45, 7) is 8.22. The van der Waals surface area contributed by atoms with Crippen molar-refractivity contribution in [1.82, 2.24) is 15.1 Å². The highest BCUT2D eigenvalue weighted by atomic mass is 127. The van der Waals surface area contributed by atoms with E-state index in [2.05, 4.69) is 34.0 Å². The van der Waals surface area contributed by atoms with E-state index in [0.717, 1.165) is 44.4 Å². The van der Waals surface area contributed by atoms with Gasteiger partial charge in [0.15, 0.2) is 5.96 Å². The van der Waals surface area contributed by atoms with Gasteiger partial charge in [-0.05, 0) is 44.9 Å². The fraction of sp³-hybridized carbons (Fsp3) is 0.882. The van der Waals surface area contributed by atoms with Gasteiger partial charge in [0.1, 0.15) is 0 Å². The maximum Gasteiger partial charge on any atom is 0.224 e. The minimum absolute atomic E-state index is 0. The molecule has 2 fully saturated rings. The highest BCUT2D eigenvalue weighted by Crippen LogP contribution is 2.17. The van der Waals surface area contributed by atoms with E-state index >= 15 is 0 Å². The molecule has 0 aromatic heterocycles. The molecule has 2 heterocycles. The SMILES string of the molecule is CN=C(NCCC(=O)N1CCCCC1C)N1CCC(C)CC1.I. The Hall–Kier alpha value is -0.530. The average molecular weight is 436 g/mol. The van der Waals surface area contributed by atoms with Gasteiger partial charge in [0.05, 0.1) is 0 Å². The first-order valence-electron chi connectivity index (χ1n) is 8.87. The molecule has 23 heavy (non-hydrogen) atoms. The van der Waals surface area contributed by atoms with Crippen LogP contribution in [0.25, 0.3) is 0 Å².